The van der Waals surface area contributed by atoms with E-state index in [1.807, 2.05) is 48.6 Å². The molecule has 6 N–H and O–H groups in total. The maximum absolute atomic E-state index is 4.77. The molecule has 6 heterocycles. The molecular weight excluding hydrogens is 677 g/mol. The summed E-state index contributed by atoms with van der Waals surface area (Å²) in [5.74, 6) is 2.77. The van der Waals surface area contributed by atoms with Crippen LogP contribution in [-0.2, 0) is 19.9 Å². The third-order valence-electron chi connectivity index (χ3n) is 10.1. The quantitative estimate of drug-likeness (QED) is 0.0858. The number of fused-ring (bicyclic) bond motifs is 4. The molecule has 54 heavy (non-hydrogen) atoms. The van der Waals surface area contributed by atoms with Crippen molar-refractivity contribution in [3.8, 4) is 0 Å². The number of anilines is 6. The van der Waals surface area contributed by atoms with Crippen molar-refractivity contribution in [3.63, 3.8) is 0 Å². The minimum Gasteiger partial charge on any atom is -0.363 e. The van der Waals surface area contributed by atoms with E-state index >= 15 is 0 Å². The molecule has 0 aliphatic heterocycles. The Morgan fingerprint density at radius 2 is 1.17 bits per heavy atom. The average Bonchev–Trinajstić information content (AvgIpc) is 4.03. The van der Waals surface area contributed by atoms with Gasteiger partial charge in [0.05, 0.1) is 46.6 Å². The Morgan fingerprint density at radius 1 is 0.648 bits per heavy atom. The lowest BCUT2D eigenvalue weighted by Gasteiger charge is -2.16. The van der Waals surface area contributed by atoms with Gasteiger partial charge in [-0.2, -0.15) is 30.1 Å². The molecule has 2 aromatic carbocycles. The second kappa shape index (κ2) is 14.0. The molecule has 0 saturated heterocycles. The van der Waals surface area contributed by atoms with Gasteiger partial charge in [0.1, 0.15) is 22.9 Å². The molecule has 272 valence electrons. The van der Waals surface area contributed by atoms with E-state index in [0.717, 1.165) is 70.8 Å². The van der Waals surface area contributed by atoms with E-state index in [0.29, 0.717) is 17.9 Å². The first-order chi connectivity index (χ1) is 26.4. The number of benzene rings is 2. The lowest BCUT2D eigenvalue weighted by atomic mass is 10.1. The summed E-state index contributed by atoms with van der Waals surface area (Å²) in [6.45, 7) is 4.19. The molecule has 2 atom stereocenters. The number of aryl methyl sites for hydroxylation is 3. The molecule has 8 aromatic rings. The smallest absolute Gasteiger partial charge is 0.231 e. The standard InChI is InChI=1S/C21H23N7.C19H19N7/c1-13(2)28-12-15(11-23-28)24-21-26-19-17(9-10-22-19)20(27-21)25-18-8-7-14-5-3-4-6-16(14)18;1-26-11-13(10-21-26)22-19-24-17-15(8-9-20-17)18(25-19)23-16-7-6-12-4-2-3-5-14(12)16/h3-6,9-13,18H,7-8H2,1-2H3,(H3,22,24,25,26,27);2-5,8-11,16H,6-7H2,1H3,(H3,20,22,23,24,25)/t18-;16-/m00/s1. The van der Waals surface area contributed by atoms with Gasteiger partial charge in [0.25, 0.3) is 0 Å². The summed E-state index contributed by atoms with van der Waals surface area (Å²) in [5, 5.41) is 24.3. The summed E-state index contributed by atoms with van der Waals surface area (Å²) in [5.41, 5.74) is 8.89. The summed E-state index contributed by atoms with van der Waals surface area (Å²) in [4.78, 5) is 25.1. The van der Waals surface area contributed by atoms with Gasteiger partial charge in [-0.1, -0.05) is 48.5 Å². The van der Waals surface area contributed by atoms with E-state index in [-0.39, 0.29) is 12.1 Å². The number of nitrogens with one attached hydrogen (secondary N) is 6. The van der Waals surface area contributed by atoms with Crippen LogP contribution in [0.5, 0.6) is 0 Å². The fraction of sp³-hybridized carbons (Fsp3) is 0.250. The maximum atomic E-state index is 4.77. The van der Waals surface area contributed by atoms with Gasteiger partial charge in [-0.25, -0.2) is 0 Å². The molecule has 0 spiro atoms. The van der Waals surface area contributed by atoms with Gasteiger partial charge in [-0.3, -0.25) is 9.36 Å². The molecule has 0 unspecified atom stereocenters. The molecule has 0 radical (unpaired) electrons. The predicted molar refractivity (Wildman–Crippen MR) is 212 cm³/mol. The number of aromatic nitrogens is 10. The van der Waals surface area contributed by atoms with E-state index < -0.39 is 0 Å². The zero-order chi connectivity index (χ0) is 36.6. The maximum Gasteiger partial charge on any atom is 0.231 e. The monoisotopic (exact) mass is 718 g/mol. The lowest BCUT2D eigenvalue weighted by Crippen LogP contribution is -2.10. The van der Waals surface area contributed by atoms with Crippen LogP contribution in [0.15, 0.2) is 97.8 Å². The Balaban J connectivity index is 0.000000143. The van der Waals surface area contributed by atoms with Gasteiger partial charge in [0.15, 0.2) is 0 Å². The van der Waals surface area contributed by atoms with E-state index in [1.165, 1.54) is 22.3 Å². The van der Waals surface area contributed by atoms with Gasteiger partial charge in [-0.05, 0) is 73.9 Å². The van der Waals surface area contributed by atoms with E-state index in [1.54, 1.807) is 17.1 Å². The molecule has 0 bridgehead atoms. The van der Waals surface area contributed by atoms with Crippen LogP contribution in [-0.4, -0.2) is 49.5 Å². The average molecular weight is 719 g/mol. The Kier molecular flexibility index (Phi) is 8.61. The van der Waals surface area contributed by atoms with Crippen molar-refractivity contribution < 1.29 is 0 Å². The Labute approximate surface area is 311 Å². The van der Waals surface area contributed by atoms with Crippen molar-refractivity contribution in [3.05, 3.63) is 120 Å². The molecule has 0 fully saturated rings. The normalized spacial score (nSPS) is 15.9. The minimum atomic E-state index is 0.265. The van der Waals surface area contributed by atoms with Crippen LogP contribution in [0.3, 0.4) is 0 Å². The third-order valence-corrected chi connectivity index (χ3v) is 10.1. The van der Waals surface area contributed by atoms with Crippen molar-refractivity contribution in [2.75, 3.05) is 21.3 Å². The molecule has 14 nitrogen and oxygen atoms in total. The first kappa shape index (κ1) is 33.2. The van der Waals surface area contributed by atoms with Crippen molar-refractivity contribution in [1.82, 2.24) is 49.5 Å². The zero-order valence-corrected chi connectivity index (χ0v) is 30.4. The van der Waals surface area contributed by atoms with Crippen LogP contribution in [0.4, 0.5) is 34.9 Å². The fourth-order valence-electron chi connectivity index (χ4n) is 7.39. The summed E-state index contributed by atoms with van der Waals surface area (Å²) in [7, 11) is 1.88. The largest absolute Gasteiger partial charge is 0.363 e. The van der Waals surface area contributed by atoms with Crippen molar-refractivity contribution in [2.24, 2.45) is 7.05 Å². The zero-order valence-electron chi connectivity index (χ0n) is 30.4. The SMILES string of the molecule is CC(C)n1cc(Nc2nc(N[C@H]3CCc4ccccc43)c3cc[nH]c3n2)cn1.Cn1cc(Nc2nc(N[C@H]3CCc4ccccc43)c3cc[nH]c3n2)cn1. The number of H-pyrrole nitrogens is 2. The summed E-state index contributed by atoms with van der Waals surface area (Å²) >= 11 is 0. The number of hydrogen-bond acceptors (Lipinski definition) is 10. The highest BCUT2D eigenvalue weighted by molar-refractivity contribution is 5.89. The van der Waals surface area contributed by atoms with Crippen LogP contribution < -0.4 is 21.3 Å². The van der Waals surface area contributed by atoms with Gasteiger partial charge < -0.3 is 31.2 Å². The molecule has 2 aliphatic carbocycles. The summed E-state index contributed by atoms with van der Waals surface area (Å²) in [6, 6.07) is 22.1. The van der Waals surface area contributed by atoms with Crippen LogP contribution in [0.1, 0.15) is 67.1 Å². The van der Waals surface area contributed by atoms with Crippen molar-refractivity contribution >= 4 is 57.0 Å². The van der Waals surface area contributed by atoms with Crippen molar-refractivity contribution in [2.45, 2.75) is 57.7 Å². The first-order valence-corrected chi connectivity index (χ1v) is 18.4. The van der Waals surface area contributed by atoms with Crippen LogP contribution in [0, 0.1) is 0 Å². The molecule has 0 amide bonds. The van der Waals surface area contributed by atoms with Crippen LogP contribution in [0.25, 0.3) is 22.1 Å². The number of nitrogens with zero attached hydrogens (tertiary/aromatic N) is 8. The van der Waals surface area contributed by atoms with Gasteiger partial charge in [0, 0.05) is 37.9 Å². The topological polar surface area (TPSA) is 167 Å². The Hall–Kier alpha value is -6.70. The molecule has 10 rings (SSSR count). The third kappa shape index (κ3) is 6.69. The predicted octanol–water partition coefficient (Wildman–Crippen LogP) is 8.11. The molecule has 14 heteroatoms. The Morgan fingerprint density at radius 3 is 1.67 bits per heavy atom. The number of hydrogen-bond donors (Lipinski definition) is 6. The van der Waals surface area contributed by atoms with Gasteiger partial charge in [-0.15, -0.1) is 0 Å². The molecule has 2 aliphatic rings. The second-order valence-electron chi connectivity index (χ2n) is 14.1. The summed E-state index contributed by atoms with van der Waals surface area (Å²) in [6.07, 6.45) is 15.5. The lowest BCUT2D eigenvalue weighted by molar-refractivity contribution is 0.532. The van der Waals surface area contributed by atoms with E-state index in [9.17, 15) is 0 Å². The van der Waals surface area contributed by atoms with Gasteiger partial charge >= 0.3 is 0 Å². The van der Waals surface area contributed by atoms with Crippen molar-refractivity contribution in [1.29, 1.82) is 0 Å². The van der Waals surface area contributed by atoms with Crippen LogP contribution >= 0.6 is 0 Å². The molecule has 6 aromatic heterocycles. The Bertz CT molecular complexity index is 2560. The second-order valence-corrected chi connectivity index (χ2v) is 14.1. The van der Waals surface area contributed by atoms with E-state index in [2.05, 4.69) is 114 Å². The van der Waals surface area contributed by atoms with E-state index in [4.69, 9.17) is 9.97 Å². The number of rotatable bonds is 9. The molecular formula is C40H42N14. The summed E-state index contributed by atoms with van der Waals surface area (Å²) < 4.78 is 3.65. The fourth-order valence-corrected chi connectivity index (χ4v) is 7.39. The minimum absolute atomic E-state index is 0.265. The highest BCUT2D eigenvalue weighted by atomic mass is 15.3. The number of aromatic amines is 2. The first-order valence-electron chi connectivity index (χ1n) is 18.4. The highest BCUT2D eigenvalue weighted by Crippen LogP contribution is 2.36. The van der Waals surface area contributed by atoms with Gasteiger partial charge in [0.2, 0.25) is 11.9 Å². The molecule has 0 saturated carbocycles. The van der Waals surface area contributed by atoms with Crippen LogP contribution in [0.2, 0.25) is 0 Å². The highest BCUT2D eigenvalue weighted by Gasteiger charge is 2.25.